The molecule has 2 aromatic rings. The van der Waals surface area contributed by atoms with E-state index in [0.717, 1.165) is 4.68 Å². The highest BCUT2D eigenvalue weighted by molar-refractivity contribution is 7.84. The van der Waals surface area contributed by atoms with Crippen LogP contribution in [0.2, 0.25) is 0 Å². The normalized spacial score (nSPS) is 26.2. The number of rotatable bonds is 5. The van der Waals surface area contributed by atoms with E-state index in [0.29, 0.717) is 5.39 Å². The first kappa shape index (κ1) is 18.4. The summed E-state index contributed by atoms with van der Waals surface area (Å²) < 4.78 is 32.8. The summed E-state index contributed by atoms with van der Waals surface area (Å²) in [6, 6.07) is 1.93. The molecule has 2 aromatic heterocycles. The van der Waals surface area contributed by atoms with Crippen molar-refractivity contribution in [3.63, 3.8) is 0 Å². The van der Waals surface area contributed by atoms with Crippen LogP contribution < -0.4 is 10.9 Å². The molecule has 13 nitrogen and oxygen atoms in total. The van der Waals surface area contributed by atoms with Gasteiger partial charge >= 0.3 is 10.3 Å². The van der Waals surface area contributed by atoms with E-state index in [1.807, 2.05) is 6.07 Å². The topological polar surface area (TPSA) is 212 Å². The SMILES string of the molecule is N#CCc1nn([C@@H]2O[C@H](COS(N)(=O)=O)[C@@H](O)[C@H]2O)c2ncnc(N)c12. The number of nitrogen functional groups attached to an aromatic ring is 1. The van der Waals surface area contributed by atoms with Crippen molar-refractivity contribution in [3.05, 3.63) is 12.0 Å². The van der Waals surface area contributed by atoms with Crippen LogP contribution in [-0.4, -0.2) is 63.3 Å². The summed E-state index contributed by atoms with van der Waals surface area (Å²) in [5.74, 6) is 0.0913. The molecule has 1 fully saturated rings. The minimum absolute atomic E-state index is 0.0913. The monoisotopic (exact) mass is 385 g/mol. The van der Waals surface area contributed by atoms with Gasteiger partial charge < -0.3 is 20.7 Å². The number of aromatic nitrogens is 4. The van der Waals surface area contributed by atoms with E-state index >= 15 is 0 Å². The highest BCUT2D eigenvalue weighted by Crippen LogP contribution is 2.33. The molecule has 0 unspecified atom stereocenters. The molecular formula is C12H15N7O6S. The highest BCUT2D eigenvalue weighted by atomic mass is 32.2. The van der Waals surface area contributed by atoms with Gasteiger partial charge in [-0.05, 0) is 0 Å². The van der Waals surface area contributed by atoms with Crippen LogP contribution in [0.3, 0.4) is 0 Å². The summed E-state index contributed by atoms with van der Waals surface area (Å²) in [5, 5.41) is 38.5. The Bertz CT molecular complexity index is 970. The summed E-state index contributed by atoms with van der Waals surface area (Å²) in [6.45, 7) is -0.602. The maximum absolute atomic E-state index is 10.9. The molecule has 140 valence electrons. The van der Waals surface area contributed by atoms with E-state index in [9.17, 15) is 18.6 Å². The molecule has 0 bridgehead atoms. The number of fused-ring (bicyclic) bond motifs is 1. The molecule has 1 aliphatic rings. The maximum atomic E-state index is 10.9. The predicted octanol–water partition coefficient (Wildman–Crippen LogP) is -2.69. The van der Waals surface area contributed by atoms with Gasteiger partial charge in [-0.15, -0.1) is 0 Å². The first-order chi connectivity index (χ1) is 12.2. The number of nitrogens with two attached hydrogens (primary N) is 2. The van der Waals surface area contributed by atoms with Crippen LogP contribution in [0, 0.1) is 11.3 Å². The molecule has 26 heavy (non-hydrogen) atoms. The lowest BCUT2D eigenvalue weighted by molar-refractivity contribution is -0.0528. The number of hydrogen-bond acceptors (Lipinski definition) is 11. The second kappa shape index (κ2) is 6.72. The maximum Gasteiger partial charge on any atom is 0.333 e. The average molecular weight is 385 g/mol. The summed E-state index contributed by atoms with van der Waals surface area (Å²) in [6.07, 6.45) is -4.28. The van der Waals surface area contributed by atoms with E-state index in [4.69, 9.17) is 20.9 Å². The fourth-order valence-electron chi connectivity index (χ4n) is 2.67. The van der Waals surface area contributed by atoms with Gasteiger partial charge in [-0.1, -0.05) is 0 Å². The van der Waals surface area contributed by atoms with Gasteiger partial charge in [0.15, 0.2) is 11.9 Å². The van der Waals surface area contributed by atoms with Gasteiger partial charge in [-0.2, -0.15) is 18.8 Å². The Balaban J connectivity index is 1.96. The third kappa shape index (κ3) is 3.31. The molecule has 1 aliphatic heterocycles. The van der Waals surface area contributed by atoms with Crippen molar-refractivity contribution in [1.29, 1.82) is 5.26 Å². The molecule has 0 aliphatic carbocycles. The van der Waals surface area contributed by atoms with Crippen LogP contribution in [0.4, 0.5) is 5.82 Å². The van der Waals surface area contributed by atoms with E-state index in [-0.39, 0.29) is 23.6 Å². The second-order valence-corrected chi connectivity index (χ2v) is 6.73. The summed E-state index contributed by atoms with van der Waals surface area (Å²) in [5.41, 5.74) is 6.28. The van der Waals surface area contributed by atoms with Crippen molar-refractivity contribution in [2.45, 2.75) is 31.0 Å². The molecular weight excluding hydrogens is 370 g/mol. The number of aliphatic hydroxyl groups excluding tert-OH is 2. The van der Waals surface area contributed by atoms with E-state index in [1.54, 1.807) is 0 Å². The fraction of sp³-hybridized carbons (Fsp3) is 0.500. The fourth-order valence-corrected chi connectivity index (χ4v) is 3.00. The summed E-state index contributed by atoms with van der Waals surface area (Å²) in [4.78, 5) is 7.89. The molecule has 0 aromatic carbocycles. The van der Waals surface area contributed by atoms with Crippen LogP contribution in [0.25, 0.3) is 11.0 Å². The number of nitrogens with zero attached hydrogens (tertiary/aromatic N) is 5. The van der Waals surface area contributed by atoms with Crippen LogP contribution in [0.15, 0.2) is 6.33 Å². The lowest BCUT2D eigenvalue weighted by Gasteiger charge is -2.15. The molecule has 1 saturated heterocycles. The third-order valence-corrected chi connectivity index (χ3v) is 4.28. The minimum atomic E-state index is -4.25. The zero-order valence-electron chi connectivity index (χ0n) is 13.1. The van der Waals surface area contributed by atoms with Crippen molar-refractivity contribution in [3.8, 4) is 6.07 Å². The molecule has 0 amide bonds. The Labute approximate surface area is 147 Å². The number of aliphatic hydroxyl groups is 2. The van der Waals surface area contributed by atoms with E-state index < -0.39 is 41.5 Å². The largest absolute Gasteiger partial charge is 0.387 e. The molecule has 6 N–H and O–H groups in total. The van der Waals surface area contributed by atoms with Crippen molar-refractivity contribution in [2.24, 2.45) is 5.14 Å². The van der Waals surface area contributed by atoms with Crippen LogP contribution in [0.1, 0.15) is 11.9 Å². The second-order valence-electron chi connectivity index (χ2n) is 5.51. The summed E-state index contributed by atoms with van der Waals surface area (Å²) in [7, 11) is -4.25. The predicted molar refractivity (Wildman–Crippen MR) is 84.0 cm³/mol. The molecule has 0 radical (unpaired) electrons. The molecule has 0 spiro atoms. The lowest BCUT2D eigenvalue weighted by atomic mass is 10.1. The summed E-state index contributed by atoms with van der Waals surface area (Å²) >= 11 is 0. The number of anilines is 1. The van der Waals surface area contributed by atoms with Gasteiger partial charge in [-0.3, -0.25) is 4.18 Å². The Morgan fingerprint density at radius 3 is 2.77 bits per heavy atom. The smallest absolute Gasteiger partial charge is 0.333 e. The van der Waals surface area contributed by atoms with E-state index in [2.05, 4.69) is 19.2 Å². The Morgan fingerprint density at radius 2 is 2.12 bits per heavy atom. The standard InChI is InChI=1S/C12H15N7O6S/c13-2-1-5-7-10(14)16-4-17-11(7)19(18-5)12-9(21)8(20)6(25-12)3-24-26(15,22)23/h4,6,8-9,12,20-21H,1,3H2,(H2,14,16,17)(H2,15,22,23)/t6-,8-,9-,12-/m1/s1. The van der Waals surface area contributed by atoms with Gasteiger partial charge in [-0.25, -0.2) is 19.8 Å². The third-order valence-electron chi connectivity index (χ3n) is 3.81. The van der Waals surface area contributed by atoms with E-state index in [1.165, 1.54) is 6.33 Å². The van der Waals surface area contributed by atoms with Crippen LogP contribution in [-0.2, 0) is 25.6 Å². The minimum Gasteiger partial charge on any atom is -0.387 e. The molecule has 3 rings (SSSR count). The van der Waals surface area contributed by atoms with Crippen molar-refractivity contribution < 1.29 is 27.6 Å². The Hall–Kier alpha value is -2.41. The average Bonchev–Trinajstić information content (AvgIpc) is 3.06. The Kier molecular flexibility index (Phi) is 4.75. The van der Waals surface area contributed by atoms with Crippen LogP contribution in [0.5, 0.6) is 0 Å². The molecule has 14 heteroatoms. The lowest BCUT2D eigenvalue weighted by Crippen LogP contribution is -2.35. The zero-order valence-corrected chi connectivity index (χ0v) is 13.9. The first-order valence-electron chi connectivity index (χ1n) is 7.26. The van der Waals surface area contributed by atoms with Crippen molar-refractivity contribution >= 4 is 27.2 Å². The van der Waals surface area contributed by atoms with Gasteiger partial charge in [0.05, 0.1) is 30.2 Å². The zero-order chi connectivity index (χ0) is 19.1. The van der Waals surface area contributed by atoms with Gasteiger partial charge in [0, 0.05) is 0 Å². The molecule has 3 heterocycles. The molecule has 4 atom stereocenters. The van der Waals surface area contributed by atoms with Gasteiger partial charge in [0.25, 0.3) is 0 Å². The molecule has 0 saturated carbocycles. The quantitative estimate of drug-likeness (QED) is 0.416. The number of nitriles is 1. The Morgan fingerprint density at radius 1 is 1.38 bits per heavy atom. The van der Waals surface area contributed by atoms with Gasteiger partial charge in [0.2, 0.25) is 0 Å². The van der Waals surface area contributed by atoms with Crippen LogP contribution >= 0.6 is 0 Å². The van der Waals surface area contributed by atoms with Gasteiger partial charge in [0.1, 0.15) is 30.5 Å². The highest BCUT2D eigenvalue weighted by Gasteiger charge is 2.45. The number of hydrogen-bond donors (Lipinski definition) is 4. The van der Waals surface area contributed by atoms with Crippen molar-refractivity contribution in [2.75, 3.05) is 12.3 Å². The first-order valence-corrected chi connectivity index (χ1v) is 8.73. The van der Waals surface area contributed by atoms with Crippen molar-refractivity contribution in [1.82, 2.24) is 19.7 Å². The number of ether oxygens (including phenoxy) is 1.